The third-order valence-electron chi connectivity index (χ3n) is 4.91. The maximum Gasteiger partial charge on any atom is 0.341 e. The normalized spacial score (nSPS) is 13.1. The highest BCUT2D eigenvalue weighted by Gasteiger charge is 2.26. The van der Waals surface area contributed by atoms with Gasteiger partial charge in [0.15, 0.2) is 5.11 Å². The number of carbonyl (C=O) groups excluding carboxylic acids is 1. The zero-order chi connectivity index (χ0) is 20.3. The van der Waals surface area contributed by atoms with Crippen LogP contribution in [0.5, 0.6) is 0 Å². The van der Waals surface area contributed by atoms with Crippen LogP contribution in [0, 0.1) is 13.8 Å². The maximum atomic E-state index is 12.3. The number of carbonyl (C=O) groups is 1. The van der Waals surface area contributed by atoms with Crippen molar-refractivity contribution in [3.63, 3.8) is 0 Å². The van der Waals surface area contributed by atoms with E-state index in [-0.39, 0.29) is 5.97 Å². The minimum Gasteiger partial charge on any atom is -0.465 e. The molecule has 0 amide bonds. The molecule has 0 unspecified atom stereocenters. The summed E-state index contributed by atoms with van der Waals surface area (Å²) in [4.78, 5) is 13.6. The molecule has 0 bridgehead atoms. The summed E-state index contributed by atoms with van der Waals surface area (Å²) < 4.78 is 8.07. The van der Waals surface area contributed by atoms with Crippen LogP contribution in [0.4, 0.5) is 5.00 Å². The Bertz CT molecular complexity index is 891. The molecule has 0 aromatic carbocycles. The molecule has 0 radical (unpaired) electrons. The van der Waals surface area contributed by atoms with Gasteiger partial charge in [-0.2, -0.15) is 5.10 Å². The Balaban J connectivity index is 1.57. The summed E-state index contributed by atoms with van der Waals surface area (Å²) in [6, 6.07) is 0. The number of thiophene rings is 1. The number of halogens is 1. The molecule has 0 spiro atoms. The summed E-state index contributed by atoms with van der Waals surface area (Å²) in [5.41, 5.74) is 3.91. The molecule has 0 aliphatic heterocycles. The van der Waals surface area contributed by atoms with Crippen LogP contribution in [0.3, 0.4) is 0 Å². The fourth-order valence-corrected chi connectivity index (χ4v) is 5.28. The highest BCUT2D eigenvalue weighted by molar-refractivity contribution is 9.10. The Kier molecular flexibility index (Phi) is 7.11. The molecule has 1 aliphatic rings. The van der Waals surface area contributed by atoms with E-state index in [4.69, 9.17) is 17.0 Å². The van der Waals surface area contributed by atoms with Crippen molar-refractivity contribution in [1.29, 1.82) is 0 Å². The number of methoxy groups -OCH3 is 1. The van der Waals surface area contributed by atoms with E-state index in [9.17, 15) is 4.79 Å². The molecule has 0 fully saturated rings. The quantitative estimate of drug-likeness (QED) is 0.360. The first-order valence-electron chi connectivity index (χ1n) is 9.39. The molecule has 2 heterocycles. The Labute approximate surface area is 183 Å². The van der Waals surface area contributed by atoms with Crippen molar-refractivity contribution < 1.29 is 9.53 Å². The monoisotopic (exact) mass is 484 g/mol. The van der Waals surface area contributed by atoms with Crippen LogP contribution in [0.2, 0.25) is 0 Å². The van der Waals surface area contributed by atoms with E-state index in [1.165, 1.54) is 18.4 Å². The van der Waals surface area contributed by atoms with Gasteiger partial charge in [0.1, 0.15) is 5.00 Å². The van der Waals surface area contributed by atoms with Gasteiger partial charge in [0.05, 0.1) is 22.8 Å². The molecule has 0 saturated heterocycles. The molecule has 6 nitrogen and oxygen atoms in total. The molecule has 2 aromatic heterocycles. The van der Waals surface area contributed by atoms with Crippen molar-refractivity contribution in [2.24, 2.45) is 0 Å². The smallest absolute Gasteiger partial charge is 0.341 e. The topological polar surface area (TPSA) is 68.2 Å². The number of esters is 1. The second-order valence-electron chi connectivity index (χ2n) is 6.85. The van der Waals surface area contributed by atoms with E-state index >= 15 is 0 Å². The number of ether oxygens (including phenoxy) is 1. The highest BCUT2D eigenvalue weighted by Crippen LogP contribution is 2.38. The number of hydrogen-bond donors (Lipinski definition) is 2. The summed E-state index contributed by atoms with van der Waals surface area (Å²) in [5, 5.41) is 12.3. The molecule has 1 aliphatic carbocycles. The van der Waals surface area contributed by atoms with Crippen molar-refractivity contribution in [2.45, 2.75) is 52.5 Å². The van der Waals surface area contributed by atoms with E-state index in [1.807, 2.05) is 11.6 Å². The number of nitrogens with zero attached hydrogens (tertiary/aromatic N) is 2. The van der Waals surface area contributed by atoms with E-state index in [0.717, 1.165) is 65.2 Å². The van der Waals surface area contributed by atoms with E-state index in [0.29, 0.717) is 10.7 Å². The molecule has 28 heavy (non-hydrogen) atoms. The lowest BCUT2D eigenvalue weighted by Gasteiger charge is -2.12. The number of aryl methyl sites for hydroxylation is 3. The Hall–Kier alpha value is -1.45. The Morgan fingerprint density at radius 2 is 2.11 bits per heavy atom. The minimum absolute atomic E-state index is 0.292. The third kappa shape index (κ3) is 4.58. The van der Waals surface area contributed by atoms with Gasteiger partial charge in [-0.1, -0.05) is 0 Å². The van der Waals surface area contributed by atoms with Crippen LogP contribution in [-0.2, 0) is 24.1 Å². The molecule has 0 saturated carbocycles. The zero-order valence-electron chi connectivity index (χ0n) is 16.4. The number of aromatic nitrogens is 2. The second-order valence-corrected chi connectivity index (χ2v) is 9.16. The molecular weight excluding hydrogens is 460 g/mol. The van der Waals surface area contributed by atoms with Gasteiger partial charge >= 0.3 is 5.97 Å². The van der Waals surface area contributed by atoms with Crippen LogP contribution in [-0.4, -0.2) is 34.5 Å². The zero-order valence-corrected chi connectivity index (χ0v) is 19.6. The van der Waals surface area contributed by atoms with Crippen LogP contribution in [0.1, 0.15) is 51.4 Å². The van der Waals surface area contributed by atoms with Gasteiger partial charge in [-0.3, -0.25) is 4.68 Å². The van der Waals surface area contributed by atoms with Crippen LogP contribution in [0.25, 0.3) is 0 Å². The number of fused-ring (bicyclic) bond motifs is 1. The first-order valence-corrected chi connectivity index (χ1v) is 11.4. The van der Waals surface area contributed by atoms with E-state index < -0.39 is 0 Å². The number of thiocarbonyl (C=S) groups is 1. The summed E-state index contributed by atoms with van der Waals surface area (Å²) >= 11 is 10.6. The van der Waals surface area contributed by atoms with Crippen molar-refractivity contribution in [3.05, 3.63) is 31.9 Å². The average Bonchev–Trinajstić information content (AvgIpc) is 3.16. The van der Waals surface area contributed by atoms with Crippen LogP contribution in [0.15, 0.2) is 4.47 Å². The van der Waals surface area contributed by atoms with Crippen molar-refractivity contribution in [1.82, 2.24) is 15.1 Å². The molecule has 2 aromatic rings. The molecule has 0 atom stereocenters. The molecule has 3 rings (SSSR count). The minimum atomic E-state index is -0.292. The lowest BCUT2D eigenvalue weighted by atomic mass is 9.95. The number of anilines is 1. The summed E-state index contributed by atoms with van der Waals surface area (Å²) in [7, 11) is 1.42. The fraction of sp³-hybridized carbons (Fsp3) is 0.526. The summed E-state index contributed by atoms with van der Waals surface area (Å²) in [6.07, 6.45) is 5.11. The molecule has 9 heteroatoms. The van der Waals surface area contributed by atoms with Gasteiger partial charge in [0.2, 0.25) is 0 Å². The fourth-order valence-electron chi connectivity index (χ4n) is 3.44. The summed E-state index contributed by atoms with van der Waals surface area (Å²) in [5.74, 6) is -0.292. The average molecular weight is 485 g/mol. The number of nitrogens with one attached hydrogen (secondary N) is 2. The molecule has 2 N–H and O–H groups in total. The maximum absolute atomic E-state index is 12.3. The first kappa shape index (κ1) is 21.3. The van der Waals surface area contributed by atoms with Gasteiger partial charge < -0.3 is 15.4 Å². The van der Waals surface area contributed by atoms with Gasteiger partial charge in [0, 0.05) is 23.7 Å². The largest absolute Gasteiger partial charge is 0.465 e. The van der Waals surface area contributed by atoms with Crippen LogP contribution < -0.4 is 10.6 Å². The lowest BCUT2D eigenvalue weighted by molar-refractivity contribution is 0.0601. The predicted octanol–water partition coefficient (Wildman–Crippen LogP) is 4.37. The van der Waals surface area contributed by atoms with Gasteiger partial charge in [-0.15, -0.1) is 11.3 Å². The predicted molar refractivity (Wildman–Crippen MR) is 121 cm³/mol. The number of rotatable bonds is 6. The van der Waals surface area contributed by atoms with E-state index in [2.05, 4.69) is 38.6 Å². The Morgan fingerprint density at radius 3 is 2.79 bits per heavy atom. The van der Waals surface area contributed by atoms with E-state index in [1.54, 1.807) is 11.3 Å². The Morgan fingerprint density at radius 1 is 1.36 bits per heavy atom. The molecule has 152 valence electrons. The van der Waals surface area contributed by atoms with Crippen molar-refractivity contribution in [3.8, 4) is 0 Å². The van der Waals surface area contributed by atoms with Crippen LogP contribution >= 0.6 is 39.5 Å². The van der Waals surface area contributed by atoms with Gasteiger partial charge in [-0.25, -0.2) is 4.79 Å². The lowest BCUT2D eigenvalue weighted by Crippen LogP contribution is -2.30. The first-order chi connectivity index (χ1) is 13.4. The molecular formula is C19H25BrN4O2S2. The van der Waals surface area contributed by atoms with Gasteiger partial charge in [-0.05, 0) is 79.7 Å². The van der Waals surface area contributed by atoms with Crippen molar-refractivity contribution >= 4 is 55.6 Å². The second kappa shape index (κ2) is 9.37. The SMILES string of the molecule is COC(=O)c1c(NC(=S)NCCCn2nc(C)c(Br)c2C)sc2c1CCCC2. The number of hydrogen-bond acceptors (Lipinski definition) is 5. The standard InChI is InChI=1S/C19H25BrN4O2S2/c1-11-16(20)12(2)24(23-11)10-6-9-21-19(27)22-17-15(18(25)26-3)13-7-4-5-8-14(13)28-17/h4-10H2,1-3H3,(H2,21,22,27). The van der Waals surface area contributed by atoms with Crippen molar-refractivity contribution in [2.75, 3.05) is 19.0 Å². The highest BCUT2D eigenvalue weighted by atomic mass is 79.9. The third-order valence-corrected chi connectivity index (χ3v) is 7.51. The summed E-state index contributed by atoms with van der Waals surface area (Å²) in [6.45, 7) is 5.58. The van der Waals surface area contributed by atoms with Gasteiger partial charge in [0.25, 0.3) is 0 Å².